The number of aromatic nitrogens is 4. The molecule has 1 atom stereocenters. The second-order valence-corrected chi connectivity index (χ2v) is 5.95. The minimum atomic E-state index is -0.0949. The summed E-state index contributed by atoms with van der Waals surface area (Å²) < 4.78 is 1.97. The van der Waals surface area contributed by atoms with Gasteiger partial charge < -0.3 is 10.2 Å². The van der Waals surface area contributed by atoms with Gasteiger partial charge in [0.25, 0.3) is 0 Å². The number of aryl methyl sites for hydroxylation is 1. The molecule has 0 radical (unpaired) electrons. The molecule has 0 saturated heterocycles. The minimum absolute atomic E-state index is 0.0332. The van der Waals surface area contributed by atoms with Gasteiger partial charge in [0.05, 0.1) is 6.04 Å². The van der Waals surface area contributed by atoms with E-state index in [0.29, 0.717) is 6.54 Å². The van der Waals surface area contributed by atoms with Gasteiger partial charge in [-0.3, -0.25) is 9.38 Å². The molecule has 0 spiro atoms. The van der Waals surface area contributed by atoms with Crippen LogP contribution in [-0.4, -0.2) is 44.1 Å². The first-order valence-corrected chi connectivity index (χ1v) is 8.36. The van der Waals surface area contributed by atoms with Gasteiger partial charge in [-0.25, -0.2) is 4.79 Å². The maximum absolute atomic E-state index is 12.3. The number of nitrogens with one attached hydrogen (secondary N) is 1. The zero-order valence-corrected chi connectivity index (χ0v) is 14.5. The zero-order chi connectivity index (χ0) is 17.6. The van der Waals surface area contributed by atoms with Gasteiger partial charge in [0.2, 0.25) is 0 Å². The fourth-order valence-corrected chi connectivity index (χ4v) is 2.65. The Morgan fingerprint density at radius 1 is 1.28 bits per heavy atom. The van der Waals surface area contributed by atoms with Gasteiger partial charge in [-0.1, -0.05) is 12.1 Å². The molecule has 3 aromatic rings. The highest BCUT2D eigenvalue weighted by Gasteiger charge is 2.17. The Balaban J connectivity index is 1.47. The van der Waals surface area contributed by atoms with Crippen molar-refractivity contribution >= 4 is 11.7 Å². The lowest BCUT2D eigenvalue weighted by Crippen LogP contribution is -2.39. The third kappa shape index (κ3) is 3.93. The van der Waals surface area contributed by atoms with E-state index in [4.69, 9.17) is 0 Å². The topological polar surface area (TPSA) is 75.4 Å². The summed E-state index contributed by atoms with van der Waals surface area (Å²) >= 11 is 0. The number of carbonyl (C=O) groups excluding carboxylic acids is 1. The predicted molar refractivity (Wildman–Crippen MR) is 95.1 cm³/mol. The molecule has 0 fully saturated rings. The van der Waals surface area contributed by atoms with E-state index in [-0.39, 0.29) is 12.1 Å². The van der Waals surface area contributed by atoms with Gasteiger partial charge in [0, 0.05) is 38.6 Å². The average Bonchev–Trinajstić information content (AvgIpc) is 3.07. The molecule has 25 heavy (non-hydrogen) atoms. The van der Waals surface area contributed by atoms with Crippen LogP contribution in [0.25, 0.3) is 5.65 Å². The lowest BCUT2D eigenvalue weighted by molar-refractivity contribution is 0.194. The summed E-state index contributed by atoms with van der Waals surface area (Å²) in [7, 11) is 1.79. The summed E-state index contributed by atoms with van der Waals surface area (Å²) in [6, 6.07) is 9.53. The maximum atomic E-state index is 12.3. The number of urea groups is 1. The van der Waals surface area contributed by atoms with Crippen molar-refractivity contribution < 1.29 is 4.79 Å². The number of nitrogens with zero attached hydrogens (tertiary/aromatic N) is 5. The van der Waals surface area contributed by atoms with Crippen LogP contribution < -0.4 is 5.32 Å². The molecule has 7 nitrogen and oxygen atoms in total. The second-order valence-electron chi connectivity index (χ2n) is 5.95. The summed E-state index contributed by atoms with van der Waals surface area (Å²) in [4.78, 5) is 18.1. The SMILES string of the molecule is C[C@@H](c1cccnc1)N(C)C(=O)NCCCc1nnc2ccccn12. The number of pyridine rings is 2. The fraction of sp³-hybridized carbons (Fsp3) is 0.333. The van der Waals surface area contributed by atoms with Crippen molar-refractivity contribution in [3.8, 4) is 0 Å². The molecule has 0 aliphatic rings. The first kappa shape index (κ1) is 16.9. The average molecular weight is 338 g/mol. The Morgan fingerprint density at radius 3 is 2.96 bits per heavy atom. The van der Waals surface area contributed by atoms with E-state index in [1.807, 2.05) is 47.9 Å². The molecule has 0 unspecified atom stereocenters. The Hall–Kier alpha value is -2.96. The molecule has 7 heteroatoms. The Labute approximate surface area is 146 Å². The molecule has 0 bridgehead atoms. The van der Waals surface area contributed by atoms with Crippen LogP contribution in [0.3, 0.4) is 0 Å². The van der Waals surface area contributed by atoms with Crippen LogP contribution in [0.1, 0.15) is 30.8 Å². The fourth-order valence-electron chi connectivity index (χ4n) is 2.65. The highest BCUT2D eigenvalue weighted by Crippen LogP contribution is 2.17. The van der Waals surface area contributed by atoms with Gasteiger partial charge in [-0.05, 0) is 37.1 Å². The number of hydrogen-bond acceptors (Lipinski definition) is 4. The number of fused-ring (bicyclic) bond motifs is 1. The molecule has 3 rings (SSSR count). The predicted octanol–water partition coefficient (Wildman–Crippen LogP) is 2.46. The van der Waals surface area contributed by atoms with E-state index in [1.165, 1.54) is 0 Å². The van der Waals surface area contributed by atoms with Crippen LogP contribution in [0.4, 0.5) is 4.79 Å². The number of amides is 2. The molecule has 0 aromatic carbocycles. The quantitative estimate of drug-likeness (QED) is 0.701. The van der Waals surface area contributed by atoms with Crippen LogP contribution >= 0.6 is 0 Å². The number of carbonyl (C=O) groups is 1. The van der Waals surface area contributed by atoms with Crippen molar-refractivity contribution in [1.82, 2.24) is 29.8 Å². The lowest BCUT2D eigenvalue weighted by atomic mass is 10.1. The summed E-state index contributed by atoms with van der Waals surface area (Å²) in [5.41, 5.74) is 1.85. The molecule has 3 heterocycles. The van der Waals surface area contributed by atoms with Gasteiger partial charge in [0.15, 0.2) is 5.65 Å². The zero-order valence-electron chi connectivity index (χ0n) is 14.5. The van der Waals surface area contributed by atoms with E-state index >= 15 is 0 Å². The van der Waals surface area contributed by atoms with E-state index < -0.39 is 0 Å². The highest BCUT2D eigenvalue weighted by atomic mass is 16.2. The van der Waals surface area contributed by atoms with Crippen molar-refractivity contribution in [2.75, 3.05) is 13.6 Å². The molecular formula is C18H22N6O. The molecule has 0 saturated carbocycles. The van der Waals surface area contributed by atoms with Crippen molar-refractivity contribution in [2.24, 2.45) is 0 Å². The summed E-state index contributed by atoms with van der Waals surface area (Å²) in [6.07, 6.45) is 7.02. The van der Waals surface area contributed by atoms with Gasteiger partial charge in [-0.15, -0.1) is 10.2 Å². The Bertz CT molecular complexity index is 832. The molecule has 2 amide bonds. The Kier molecular flexibility index (Phi) is 5.23. The number of hydrogen-bond donors (Lipinski definition) is 1. The molecule has 1 N–H and O–H groups in total. The van der Waals surface area contributed by atoms with Gasteiger partial charge in [0.1, 0.15) is 5.82 Å². The van der Waals surface area contributed by atoms with Crippen LogP contribution in [0.5, 0.6) is 0 Å². The van der Waals surface area contributed by atoms with E-state index in [2.05, 4.69) is 20.5 Å². The highest BCUT2D eigenvalue weighted by molar-refractivity contribution is 5.74. The second kappa shape index (κ2) is 7.74. The van der Waals surface area contributed by atoms with Gasteiger partial charge >= 0.3 is 6.03 Å². The van der Waals surface area contributed by atoms with Crippen molar-refractivity contribution in [2.45, 2.75) is 25.8 Å². The molecule has 3 aromatic heterocycles. The molecule has 130 valence electrons. The molecule has 0 aliphatic carbocycles. The van der Waals surface area contributed by atoms with Crippen molar-refractivity contribution in [3.05, 3.63) is 60.3 Å². The van der Waals surface area contributed by atoms with E-state index in [9.17, 15) is 4.79 Å². The van der Waals surface area contributed by atoms with Crippen molar-refractivity contribution in [1.29, 1.82) is 0 Å². The Morgan fingerprint density at radius 2 is 2.16 bits per heavy atom. The summed E-state index contributed by atoms with van der Waals surface area (Å²) in [5.74, 6) is 0.905. The van der Waals surface area contributed by atoms with Crippen LogP contribution in [-0.2, 0) is 6.42 Å². The molecular weight excluding hydrogens is 316 g/mol. The summed E-state index contributed by atoms with van der Waals surface area (Å²) in [5, 5.41) is 11.3. The minimum Gasteiger partial charge on any atom is -0.338 e. The first-order chi connectivity index (χ1) is 12.2. The van der Waals surface area contributed by atoms with Crippen LogP contribution in [0.2, 0.25) is 0 Å². The third-order valence-corrected chi connectivity index (χ3v) is 4.31. The largest absolute Gasteiger partial charge is 0.338 e. The normalized spacial score (nSPS) is 12.1. The first-order valence-electron chi connectivity index (χ1n) is 8.36. The number of rotatable bonds is 6. The standard InChI is InChI=1S/C18H22N6O/c1-14(15-7-5-10-19-13-15)23(2)18(25)20-11-6-9-17-22-21-16-8-3-4-12-24(16)17/h3-5,7-8,10,12-14H,6,9,11H2,1-2H3,(H,20,25)/t14-/m0/s1. The monoisotopic (exact) mass is 338 g/mol. The van der Waals surface area contributed by atoms with Crippen molar-refractivity contribution in [3.63, 3.8) is 0 Å². The maximum Gasteiger partial charge on any atom is 0.317 e. The van der Waals surface area contributed by atoms with Crippen LogP contribution in [0, 0.1) is 0 Å². The van der Waals surface area contributed by atoms with Gasteiger partial charge in [-0.2, -0.15) is 0 Å². The lowest BCUT2D eigenvalue weighted by Gasteiger charge is -2.25. The van der Waals surface area contributed by atoms with E-state index in [1.54, 1.807) is 24.3 Å². The molecule has 0 aliphatic heterocycles. The third-order valence-electron chi connectivity index (χ3n) is 4.31. The van der Waals surface area contributed by atoms with E-state index in [0.717, 1.165) is 29.9 Å². The van der Waals surface area contributed by atoms with Crippen LogP contribution in [0.15, 0.2) is 48.9 Å². The summed E-state index contributed by atoms with van der Waals surface area (Å²) in [6.45, 7) is 2.57. The smallest absolute Gasteiger partial charge is 0.317 e.